The molecule has 6 nitrogen and oxygen atoms in total. The summed E-state index contributed by atoms with van der Waals surface area (Å²) in [6.07, 6.45) is 3.55. The van der Waals surface area contributed by atoms with Crippen LogP contribution in [0.25, 0.3) is 10.9 Å². The van der Waals surface area contributed by atoms with E-state index >= 15 is 0 Å². The van der Waals surface area contributed by atoms with Crippen molar-refractivity contribution in [2.75, 3.05) is 30.4 Å². The highest BCUT2D eigenvalue weighted by molar-refractivity contribution is 7.88. The number of nitrogen functional groups attached to an aromatic ring is 1. The van der Waals surface area contributed by atoms with E-state index in [1.54, 1.807) is 6.20 Å². The van der Waals surface area contributed by atoms with Gasteiger partial charge in [0.1, 0.15) is 0 Å². The Morgan fingerprint density at radius 1 is 1.25 bits per heavy atom. The van der Waals surface area contributed by atoms with Crippen molar-refractivity contribution in [3.8, 4) is 0 Å². The lowest BCUT2D eigenvalue weighted by Gasteiger charge is -2.11. The molecule has 1 aromatic carbocycles. The fourth-order valence-electron chi connectivity index (χ4n) is 1.90. The van der Waals surface area contributed by atoms with E-state index in [2.05, 4.69) is 15.0 Å². The van der Waals surface area contributed by atoms with Crippen molar-refractivity contribution in [1.29, 1.82) is 0 Å². The number of pyridine rings is 1. The summed E-state index contributed by atoms with van der Waals surface area (Å²) in [7, 11) is -3.12. The molecule has 0 radical (unpaired) electrons. The van der Waals surface area contributed by atoms with Gasteiger partial charge >= 0.3 is 0 Å². The molecule has 2 rings (SSSR count). The summed E-state index contributed by atoms with van der Waals surface area (Å²) >= 11 is 0. The number of rotatable bonds is 6. The van der Waals surface area contributed by atoms with Crippen LogP contribution in [0, 0.1) is 0 Å². The van der Waals surface area contributed by atoms with Crippen molar-refractivity contribution in [2.24, 2.45) is 0 Å². The first-order chi connectivity index (χ1) is 9.47. The van der Waals surface area contributed by atoms with E-state index in [1.807, 2.05) is 24.3 Å². The number of hydrogen-bond donors (Lipinski definition) is 3. The zero-order valence-corrected chi connectivity index (χ0v) is 12.1. The Morgan fingerprint density at radius 3 is 2.80 bits per heavy atom. The van der Waals surface area contributed by atoms with Crippen LogP contribution in [0.2, 0.25) is 0 Å². The summed E-state index contributed by atoms with van der Waals surface area (Å²) < 4.78 is 24.3. The van der Waals surface area contributed by atoms with Crippen molar-refractivity contribution < 1.29 is 8.42 Å². The van der Waals surface area contributed by atoms with Crippen molar-refractivity contribution >= 4 is 32.3 Å². The standard InChI is InChI=1S/C13H18N4O2S/c1-20(18,19)17-9-3-8-16-12-6-5-11-10(13(12)14)4-2-7-15-11/h2,4-7,16-17H,3,8-9,14H2,1H3. The molecule has 0 atom stereocenters. The third-order valence-corrected chi connectivity index (χ3v) is 3.59. The molecule has 108 valence electrons. The second kappa shape index (κ2) is 6.06. The van der Waals surface area contributed by atoms with E-state index in [9.17, 15) is 8.42 Å². The van der Waals surface area contributed by atoms with E-state index in [1.165, 1.54) is 0 Å². The molecule has 0 fully saturated rings. The number of benzene rings is 1. The minimum Gasteiger partial charge on any atom is -0.397 e. The topological polar surface area (TPSA) is 97.1 Å². The van der Waals surface area contributed by atoms with Crippen LogP contribution in [-0.4, -0.2) is 32.7 Å². The molecule has 0 unspecified atom stereocenters. The summed E-state index contributed by atoms with van der Waals surface area (Å²) in [5.74, 6) is 0. The minimum atomic E-state index is -3.12. The average molecular weight is 294 g/mol. The first-order valence-electron chi connectivity index (χ1n) is 6.29. The molecule has 4 N–H and O–H groups in total. The number of nitrogens with one attached hydrogen (secondary N) is 2. The Hall–Kier alpha value is -1.86. The number of sulfonamides is 1. The first kappa shape index (κ1) is 14.5. The van der Waals surface area contributed by atoms with Gasteiger partial charge in [0.15, 0.2) is 0 Å². The monoisotopic (exact) mass is 294 g/mol. The predicted octanol–water partition coefficient (Wildman–Crippen LogP) is 1.17. The van der Waals surface area contributed by atoms with Gasteiger partial charge < -0.3 is 11.1 Å². The lowest BCUT2D eigenvalue weighted by Crippen LogP contribution is -2.24. The summed E-state index contributed by atoms with van der Waals surface area (Å²) in [4.78, 5) is 4.24. The first-order valence-corrected chi connectivity index (χ1v) is 8.18. The minimum absolute atomic E-state index is 0.404. The van der Waals surface area contributed by atoms with E-state index in [0.29, 0.717) is 25.2 Å². The molecular formula is C13H18N4O2S. The highest BCUT2D eigenvalue weighted by Crippen LogP contribution is 2.27. The van der Waals surface area contributed by atoms with Crippen LogP contribution >= 0.6 is 0 Å². The molecule has 20 heavy (non-hydrogen) atoms. The fourth-order valence-corrected chi connectivity index (χ4v) is 2.41. The van der Waals surface area contributed by atoms with Crippen LogP contribution in [0.15, 0.2) is 30.5 Å². The SMILES string of the molecule is CS(=O)(=O)NCCCNc1ccc2ncccc2c1N. The maximum absolute atomic E-state index is 10.9. The highest BCUT2D eigenvalue weighted by Gasteiger charge is 2.04. The van der Waals surface area contributed by atoms with Gasteiger partial charge in [-0.3, -0.25) is 4.98 Å². The smallest absolute Gasteiger partial charge is 0.208 e. The molecule has 0 aliphatic rings. The van der Waals surface area contributed by atoms with Gasteiger partial charge in [-0.25, -0.2) is 13.1 Å². The van der Waals surface area contributed by atoms with Crippen molar-refractivity contribution in [3.63, 3.8) is 0 Å². The van der Waals surface area contributed by atoms with Gasteiger partial charge in [0, 0.05) is 24.7 Å². The number of anilines is 2. The Kier molecular flexibility index (Phi) is 4.41. The van der Waals surface area contributed by atoms with E-state index < -0.39 is 10.0 Å². The van der Waals surface area contributed by atoms with Gasteiger partial charge in [-0.05, 0) is 30.7 Å². The molecule has 0 amide bonds. The quantitative estimate of drug-likeness (QED) is 0.549. The number of fused-ring (bicyclic) bond motifs is 1. The van der Waals surface area contributed by atoms with Crippen LogP contribution < -0.4 is 15.8 Å². The van der Waals surface area contributed by atoms with E-state index in [-0.39, 0.29) is 0 Å². The molecule has 7 heteroatoms. The molecule has 0 spiro atoms. The van der Waals surface area contributed by atoms with Gasteiger partial charge in [-0.2, -0.15) is 0 Å². The molecule has 1 heterocycles. The van der Waals surface area contributed by atoms with Gasteiger partial charge in [0.25, 0.3) is 0 Å². The molecule has 2 aromatic rings. The van der Waals surface area contributed by atoms with Crippen molar-refractivity contribution in [2.45, 2.75) is 6.42 Å². The zero-order chi connectivity index (χ0) is 14.6. The number of aromatic nitrogens is 1. The van der Waals surface area contributed by atoms with Crippen LogP contribution in [0.5, 0.6) is 0 Å². The Morgan fingerprint density at radius 2 is 2.05 bits per heavy atom. The van der Waals surface area contributed by atoms with Crippen molar-refractivity contribution in [3.05, 3.63) is 30.5 Å². The highest BCUT2D eigenvalue weighted by atomic mass is 32.2. The lowest BCUT2D eigenvalue weighted by atomic mass is 10.1. The van der Waals surface area contributed by atoms with E-state index in [0.717, 1.165) is 22.8 Å². The molecule has 0 aliphatic carbocycles. The van der Waals surface area contributed by atoms with Crippen LogP contribution in [0.1, 0.15) is 6.42 Å². The Balaban J connectivity index is 1.95. The fraction of sp³-hybridized carbons (Fsp3) is 0.308. The second-order valence-electron chi connectivity index (χ2n) is 4.54. The number of nitrogens with two attached hydrogens (primary N) is 1. The lowest BCUT2D eigenvalue weighted by molar-refractivity contribution is 0.586. The van der Waals surface area contributed by atoms with Crippen LogP contribution in [-0.2, 0) is 10.0 Å². The van der Waals surface area contributed by atoms with Crippen molar-refractivity contribution in [1.82, 2.24) is 9.71 Å². The number of hydrogen-bond acceptors (Lipinski definition) is 5. The normalized spacial score (nSPS) is 11.7. The Bertz CT molecular complexity index is 701. The molecule has 0 bridgehead atoms. The van der Waals surface area contributed by atoms with Gasteiger partial charge in [0.05, 0.1) is 23.1 Å². The number of nitrogens with zero attached hydrogens (tertiary/aromatic N) is 1. The summed E-state index contributed by atoms with van der Waals surface area (Å²) in [5.41, 5.74) is 8.44. The zero-order valence-electron chi connectivity index (χ0n) is 11.3. The summed E-state index contributed by atoms with van der Waals surface area (Å²) in [5, 5.41) is 4.11. The molecule has 0 saturated heterocycles. The second-order valence-corrected chi connectivity index (χ2v) is 6.38. The van der Waals surface area contributed by atoms with Crippen LogP contribution in [0.4, 0.5) is 11.4 Å². The average Bonchev–Trinajstić information content (AvgIpc) is 2.40. The van der Waals surface area contributed by atoms with Gasteiger partial charge in [-0.15, -0.1) is 0 Å². The summed E-state index contributed by atoms with van der Waals surface area (Å²) in [6, 6.07) is 7.56. The Labute approximate surface area is 118 Å². The predicted molar refractivity (Wildman–Crippen MR) is 82.1 cm³/mol. The summed E-state index contributed by atoms with van der Waals surface area (Å²) in [6.45, 7) is 1.04. The van der Waals surface area contributed by atoms with Gasteiger partial charge in [0.2, 0.25) is 10.0 Å². The third kappa shape index (κ3) is 3.82. The molecule has 0 saturated carbocycles. The molecular weight excluding hydrogens is 276 g/mol. The largest absolute Gasteiger partial charge is 0.397 e. The maximum atomic E-state index is 10.9. The molecule has 1 aromatic heterocycles. The van der Waals surface area contributed by atoms with Gasteiger partial charge in [-0.1, -0.05) is 0 Å². The third-order valence-electron chi connectivity index (χ3n) is 2.86. The maximum Gasteiger partial charge on any atom is 0.208 e. The molecule has 0 aliphatic heterocycles. The van der Waals surface area contributed by atoms with Crippen LogP contribution in [0.3, 0.4) is 0 Å². The van der Waals surface area contributed by atoms with E-state index in [4.69, 9.17) is 5.73 Å².